The number of fused-ring (bicyclic) bond motifs is 1. The van der Waals surface area contributed by atoms with Gasteiger partial charge < -0.3 is 10.1 Å². The molecule has 100 valence electrons. The van der Waals surface area contributed by atoms with Crippen molar-refractivity contribution in [1.82, 2.24) is 10.3 Å². The first kappa shape index (κ1) is 12.4. The SMILES string of the molecule is COc1ccc2c(CC3CCCCN3)nccc2c1. The van der Waals surface area contributed by atoms with Crippen molar-refractivity contribution in [2.24, 2.45) is 0 Å². The monoisotopic (exact) mass is 256 g/mol. The molecule has 0 spiro atoms. The summed E-state index contributed by atoms with van der Waals surface area (Å²) in [5.41, 5.74) is 1.19. The molecule has 1 N–H and O–H groups in total. The molecule has 1 fully saturated rings. The van der Waals surface area contributed by atoms with Crippen molar-refractivity contribution >= 4 is 10.8 Å². The van der Waals surface area contributed by atoms with Gasteiger partial charge in [-0.15, -0.1) is 0 Å². The molecule has 19 heavy (non-hydrogen) atoms. The van der Waals surface area contributed by atoms with Gasteiger partial charge in [-0.1, -0.05) is 6.42 Å². The Hall–Kier alpha value is -1.61. The van der Waals surface area contributed by atoms with E-state index in [1.807, 2.05) is 12.3 Å². The van der Waals surface area contributed by atoms with Crippen LogP contribution in [0.4, 0.5) is 0 Å². The van der Waals surface area contributed by atoms with Gasteiger partial charge in [-0.3, -0.25) is 4.98 Å². The summed E-state index contributed by atoms with van der Waals surface area (Å²) in [6.07, 6.45) is 6.81. The third kappa shape index (κ3) is 2.71. The lowest BCUT2D eigenvalue weighted by Gasteiger charge is -2.23. The second-order valence-electron chi connectivity index (χ2n) is 5.20. The zero-order valence-electron chi connectivity index (χ0n) is 11.4. The molecule has 1 aromatic heterocycles. The number of piperidine rings is 1. The van der Waals surface area contributed by atoms with Gasteiger partial charge in [0.05, 0.1) is 7.11 Å². The van der Waals surface area contributed by atoms with Crippen LogP contribution in [-0.4, -0.2) is 24.7 Å². The summed E-state index contributed by atoms with van der Waals surface area (Å²) in [6, 6.07) is 8.85. The number of pyridine rings is 1. The molecule has 0 amide bonds. The lowest BCUT2D eigenvalue weighted by atomic mass is 9.98. The Balaban J connectivity index is 1.90. The van der Waals surface area contributed by atoms with Crippen LogP contribution in [0.5, 0.6) is 5.75 Å². The standard InChI is InChI=1S/C16H20N2O/c1-19-14-5-6-15-12(10-14)7-9-18-16(15)11-13-4-2-3-8-17-13/h5-7,9-10,13,17H,2-4,8,11H2,1H3. The first-order valence-electron chi connectivity index (χ1n) is 7.02. The van der Waals surface area contributed by atoms with Gasteiger partial charge in [0.1, 0.15) is 5.75 Å². The summed E-state index contributed by atoms with van der Waals surface area (Å²) >= 11 is 0. The number of methoxy groups -OCH3 is 1. The quantitative estimate of drug-likeness (QED) is 0.917. The van der Waals surface area contributed by atoms with Gasteiger partial charge in [0.25, 0.3) is 0 Å². The van der Waals surface area contributed by atoms with E-state index < -0.39 is 0 Å². The topological polar surface area (TPSA) is 34.1 Å². The van der Waals surface area contributed by atoms with Crippen LogP contribution in [0.15, 0.2) is 30.5 Å². The fraction of sp³-hybridized carbons (Fsp3) is 0.438. The van der Waals surface area contributed by atoms with Gasteiger partial charge in [-0.2, -0.15) is 0 Å². The molecule has 3 nitrogen and oxygen atoms in total. The van der Waals surface area contributed by atoms with Crippen molar-refractivity contribution in [3.05, 3.63) is 36.2 Å². The summed E-state index contributed by atoms with van der Waals surface area (Å²) in [5, 5.41) is 6.04. The van der Waals surface area contributed by atoms with Crippen molar-refractivity contribution < 1.29 is 4.74 Å². The Morgan fingerprint density at radius 3 is 3.05 bits per heavy atom. The Bertz CT molecular complexity index is 562. The largest absolute Gasteiger partial charge is 0.497 e. The van der Waals surface area contributed by atoms with Crippen molar-refractivity contribution in [2.75, 3.05) is 13.7 Å². The number of hydrogen-bond donors (Lipinski definition) is 1. The summed E-state index contributed by atoms with van der Waals surface area (Å²) in [5.74, 6) is 0.903. The molecule has 3 rings (SSSR count). The van der Waals surface area contributed by atoms with E-state index in [0.717, 1.165) is 18.7 Å². The van der Waals surface area contributed by atoms with E-state index in [-0.39, 0.29) is 0 Å². The maximum absolute atomic E-state index is 5.28. The smallest absolute Gasteiger partial charge is 0.119 e. The molecule has 0 bridgehead atoms. The summed E-state index contributed by atoms with van der Waals surface area (Å²) in [7, 11) is 1.70. The van der Waals surface area contributed by atoms with Crippen LogP contribution >= 0.6 is 0 Å². The minimum absolute atomic E-state index is 0.578. The van der Waals surface area contributed by atoms with Gasteiger partial charge in [0, 0.05) is 29.7 Å². The van der Waals surface area contributed by atoms with E-state index in [1.165, 1.54) is 35.7 Å². The predicted molar refractivity (Wildman–Crippen MR) is 77.6 cm³/mol. The predicted octanol–water partition coefficient (Wildman–Crippen LogP) is 2.93. The number of ether oxygens (including phenoxy) is 1. The number of benzene rings is 1. The second-order valence-corrected chi connectivity index (χ2v) is 5.20. The highest BCUT2D eigenvalue weighted by molar-refractivity contribution is 5.85. The molecule has 0 aliphatic carbocycles. The second kappa shape index (κ2) is 5.57. The molecule has 1 aliphatic rings. The third-order valence-electron chi connectivity index (χ3n) is 3.91. The molecule has 0 radical (unpaired) electrons. The first-order chi connectivity index (χ1) is 9.36. The van der Waals surface area contributed by atoms with E-state index in [2.05, 4.69) is 28.5 Å². The fourth-order valence-electron chi connectivity index (χ4n) is 2.84. The van der Waals surface area contributed by atoms with Crippen LogP contribution in [-0.2, 0) is 6.42 Å². The van der Waals surface area contributed by atoms with Gasteiger partial charge in [-0.05, 0) is 49.0 Å². The Morgan fingerprint density at radius 1 is 1.32 bits per heavy atom. The molecule has 0 saturated carbocycles. The first-order valence-corrected chi connectivity index (χ1v) is 7.02. The molecule has 2 heterocycles. The molecule has 1 unspecified atom stereocenters. The minimum atomic E-state index is 0.578. The maximum Gasteiger partial charge on any atom is 0.119 e. The van der Waals surface area contributed by atoms with E-state index in [4.69, 9.17) is 4.74 Å². The summed E-state index contributed by atoms with van der Waals surface area (Å²) in [6.45, 7) is 1.14. The molecular weight excluding hydrogens is 236 g/mol. The highest BCUT2D eigenvalue weighted by atomic mass is 16.5. The van der Waals surface area contributed by atoms with Gasteiger partial charge in [0.2, 0.25) is 0 Å². The number of aromatic nitrogens is 1. The third-order valence-corrected chi connectivity index (χ3v) is 3.91. The van der Waals surface area contributed by atoms with E-state index in [1.54, 1.807) is 7.11 Å². The lowest BCUT2D eigenvalue weighted by Crippen LogP contribution is -2.35. The molecule has 2 aromatic rings. The van der Waals surface area contributed by atoms with Crippen molar-refractivity contribution in [1.29, 1.82) is 0 Å². The molecular formula is C16H20N2O. The van der Waals surface area contributed by atoms with Crippen molar-refractivity contribution in [3.8, 4) is 5.75 Å². The van der Waals surface area contributed by atoms with Crippen LogP contribution in [0.3, 0.4) is 0 Å². The van der Waals surface area contributed by atoms with Crippen LogP contribution in [0, 0.1) is 0 Å². The zero-order valence-corrected chi connectivity index (χ0v) is 11.4. The van der Waals surface area contributed by atoms with Crippen LogP contribution in [0.2, 0.25) is 0 Å². The Labute approximate surface area is 114 Å². The Kier molecular flexibility index (Phi) is 3.65. The van der Waals surface area contributed by atoms with E-state index in [0.29, 0.717) is 6.04 Å². The van der Waals surface area contributed by atoms with Crippen molar-refractivity contribution in [2.45, 2.75) is 31.7 Å². The van der Waals surface area contributed by atoms with Crippen LogP contribution in [0.1, 0.15) is 25.0 Å². The minimum Gasteiger partial charge on any atom is -0.497 e. The average Bonchev–Trinajstić information content (AvgIpc) is 2.48. The van der Waals surface area contributed by atoms with E-state index in [9.17, 15) is 0 Å². The lowest BCUT2D eigenvalue weighted by molar-refractivity contribution is 0.398. The summed E-state index contributed by atoms with van der Waals surface area (Å²) in [4.78, 5) is 4.58. The number of hydrogen-bond acceptors (Lipinski definition) is 3. The van der Waals surface area contributed by atoms with Crippen molar-refractivity contribution in [3.63, 3.8) is 0 Å². The van der Waals surface area contributed by atoms with Gasteiger partial charge in [0.15, 0.2) is 0 Å². The normalized spacial score (nSPS) is 19.5. The number of nitrogens with one attached hydrogen (secondary N) is 1. The van der Waals surface area contributed by atoms with Crippen LogP contribution < -0.4 is 10.1 Å². The molecule has 1 aliphatic heterocycles. The summed E-state index contributed by atoms with van der Waals surface area (Å²) < 4.78 is 5.28. The van der Waals surface area contributed by atoms with Gasteiger partial charge >= 0.3 is 0 Å². The zero-order chi connectivity index (χ0) is 13.1. The van der Waals surface area contributed by atoms with Gasteiger partial charge in [-0.25, -0.2) is 0 Å². The average molecular weight is 256 g/mol. The Morgan fingerprint density at radius 2 is 2.26 bits per heavy atom. The number of nitrogens with zero attached hydrogens (tertiary/aromatic N) is 1. The highest BCUT2D eigenvalue weighted by Gasteiger charge is 2.15. The highest BCUT2D eigenvalue weighted by Crippen LogP contribution is 2.24. The maximum atomic E-state index is 5.28. The number of rotatable bonds is 3. The molecule has 3 heteroatoms. The molecule has 1 atom stereocenters. The molecule has 1 saturated heterocycles. The van der Waals surface area contributed by atoms with Crippen LogP contribution in [0.25, 0.3) is 10.8 Å². The van der Waals surface area contributed by atoms with E-state index >= 15 is 0 Å². The molecule has 1 aromatic carbocycles. The fourth-order valence-corrected chi connectivity index (χ4v) is 2.84.